The van der Waals surface area contributed by atoms with Gasteiger partial charge in [-0.1, -0.05) is 18.2 Å². The normalized spacial score (nSPS) is 10.4. The monoisotopic (exact) mass is 389 g/mol. The van der Waals surface area contributed by atoms with Crippen molar-refractivity contribution in [2.45, 2.75) is 27.3 Å². The van der Waals surface area contributed by atoms with Crippen LogP contribution >= 0.6 is 0 Å². The molecule has 6 nitrogen and oxygen atoms in total. The maximum absolute atomic E-state index is 12.5. The number of nitrogens with one attached hydrogen (secondary N) is 2. The van der Waals surface area contributed by atoms with Gasteiger partial charge in [0.1, 0.15) is 6.54 Å². The third kappa shape index (κ3) is 5.19. The van der Waals surface area contributed by atoms with Gasteiger partial charge in [-0.25, -0.2) is 0 Å². The Morgan fingerprint density at radius 3 is 2.28 bits per heavy atom. The van der Waals surface area contributed by atoms with E-state index >= 15 is 0 Å². The Kier molecular flexibility index (Phi) is 5.93. The Hall–Kier alpha value is -3.67. The van der Waals surface area contributed by atoms with Crippen LogP contribution in [0, 0.1) is 20.8 Å². The molecule has 0 aliphatic heterocycles. The Bertz CT molecular complexity index is 1110. The van der Waals surface area contributed by atoms with Crippen molar-refractivity contribution in [3.63, 3.8) is 0 Å². The first kappa shape index (κ1) is 20.1. The van der Waals surface area contributed by atoms with Gasteiger partial charge < -0.3 is 15.2 Å². The molecule has 29 heavy (non-hydrogen) atoms. The second kappa shape index (κ2) is 8.56. The van der Waals surface area contributed by atoms with Crippen molar-refractivity contribution in [3.8, 4) is 0 Å². The molecule has 1 heterocycles. The van der Waals surface area contributed by atoms with E-state index in [4.69, 9.17) is 0 Å². The van der Waals surface area contributed by atoms with Crippen LogP contribution in [-0.4, -0.2) is 16.4 Å². The van der Waals surface area contributed by atoms with E-state index < -0.39 is 0 Å². The van der Waals surface area contributed by atoms with Crippen LogP contribution in [0.25, 0.3) is 0 Å². The molecule has 0 saturated heterocycles. The lowest BCUT2D eigenvalue weighted by atomic mass is 10.1. The average molecular weight is 389 g/mol. The molecule has 0 unspecified atom stereocenters. The fraction of sp³-hybridized carbons (Fsp3) is 0.174. The molecule has 2 N–H and O–H groups in total. The van der Waals surface area contributed by atoms with Gasteiger partial charge in [-0.15, -0.1) is 0 Å². The van der Waals surface area contributed by atoms with E-state index in [1.165, 1.54) is 10.6 Å². The standard InChI is InChI=1S/C23H23N3O3/c1-15-4-6-17(3)20(12-15)25-23(29)18-7-9-19(10-8-18)24-21(27)14-26-13-16(2)5-11-22(26)28/h4-13H,14H2,1-3H3,(H,24,27)(H,25,29). The molecule has 6 heteroatoms. The van der Waals surface area contributed by atoms with E-state index in [2.05, 4.69) is 10.6 Å². The molecule has 3 rings (SSSR count). The van der Waals surface area contributed by atoms with Crippen LogP contribution in [0.15, 0.2) is 65.6 Å². The number of pyridine rings is 1. The predicted octanol–water partition coefficient (Wildman–Crippen LogP) is 3.66. The zero-order valence-electron chi connectivity index (χ0n) is 16.7. The summed E-state index contributed by atoms with van der Waals surface area (Å²) in [5.74, 6) is -0.534. The zero-order valence-corrected chi connectivity index (χ0v) is 16.7. The Labute approximate surface area is 169 Å². The van der Waals surface area contributed by atoms with Gasteiger partial charge in [0.2, 0.25) is 5.91 Å². The topological polar surface area (TPSA) is 80.2 Å². The van der Waals surface area contributed by atoms with Crippen molar-refractivity contribution in [1.82, 2.24) is 4.57 Å². The summed E-state index contributed by atoms with van der Waals surface area (Å²) in [4.78, 5) is 36.5. The SMILES string of the molecule is Cc1ccc(C)c(NC(=O)c2ccc(NC(=O)Cn3cc(C)ccc3=O)cc2)c1. The molecule has 0 spiro atoms. The number of carbonyl (C=O) groups is 2. The third-order valence-electron chi connectivity index (χ3n) is 4.52. The van der Waals surface area contributed by atoms with Gasteiger partial charge in [0, 0.05) is 29.2 Å². The number of carbonyl (C=O) groups excluding carboxylic acids is 2. The summed E-state index contributed by atoms with van der Waals surface area (Å²) in [5.41, 5.74) is 4.53. The van der Waals surface area contributed by atoms with E-state index in [9.17, 15) is 14.4 Å². The van der Waals surface area contributed by atoms with Gasteiger partial charge in [-0.05, 0) is 67.8 Å². The van der Waals surface area contributed by atoms with E-state index in [1.807, 2.05) is 39.0 Å². The number of rotatable bonds is 5. The number of nitrogens with zero attached hydrogens (tertiary/aromatic N) is 1. The van der Waals surface area contributed by atoms with Crippen LogP contribution in [0.4, 0.5) is 11.4 Å². The van der Waals surface area contributed by atoms with E-state index in [1.54, 1.807) is 36.5 Å². The largest absolute Gasteiger partial charge is 0.325 e. The number of amides is 2. The van der Waals surface area contributed by atoms with Crippen molar-refractivity contribution in [2.24, 2.45) is 0 Å². The molecule has 0 radical (unpaired) electrons. The lowest BCUT2D eigenvalue weighted by Crippen LogP contribution is -2.26. The van der Waals surface area contributed by atoms with Crippen LogP contribution in [-0.2, 0) is 11.3 Å². The highest BCUT2D eigenvalue weighted by molar-refractivity contribution is 6.05. The van der Waals surface area contributed by atoms with Gasteiger partial charge in [0.05, 0.1) is 0 Å². The Morgan fingerprint density at radius 1 is 0.862 bits per heavy atom. The van der Waals surface area contributed by atoms with E-state index in [-0.39, 0.29) is 23.9 Å². The second-order valence-corrected chi connectivity index (χ2v) is 7.07. The van der Waals surface area contributed by atoms with E-state index in [0.717, 1.165) is 22.4 Å². The van der Waals surface area contributed by atoms with Gasteiger partial charge in [-0.3, -0.25) is 14.4 Å². The minimum absolute atomic E-state index is 0.0740. The Morgan fingerprint density at radius 2 is 1.55 bits per heavy atom. The molecular formula is C23H23N3O3. The van der Waals surface area contributed by atoms with E-state index in [0.29, 0.717) is 11.3 Å². The molecule has 0 aliphatic rings. The minimum atomic E-state index is -0.315. The average Bonchev–Trinajstić information content (AvgIpc) is 2.68. The summed E-state index contributed by atoms with van der Waals surface area (Å²) in [6, 6.07) is 15.6. The first-order valence-corrected chi connectivity index (χ1v) is 9.27. The molecule has 0 atom stereocenters. The number of aryl methyl sites for hydroxylation is 3. The predicted molar refractivity (Wildman–Crippen MR) is 114 cm³/mol. The Balaban J connectivity index is 1.64. The smallest absolute Gasteiger partial charge is 0.255 e. The van der Waals surface area contributed by atoms with Crippen LogP contribution in [0.2, 0.25) is 0 Å². The number of hydrogen-bond acceptors (Lipinski definition) is 3. The quantitative estimate of drug-likeness (QED) is 0.699. The van der Waals surface area contributed by atoms with Crippen LogP contribution < -0.4 is 16.2 Å². The van der Waals surface area contributed by atoms with Crippen LogP contribution in [0.1, 0.15) is 27.0 Å². The van der Waals surface area contributed by atoms with Crippen LogP contribution in [0.3, 0.4) is 0 Å². The highest BCUT2D eigenvalue weighted by atomic mass is 16.2. The summed E-state index contributed by atoms with van der Waals surface area (Å²) >= 11 is 0. The zero-order chi connectivity index (χ0) is 21.0. The summed E-state index contributed by atoms with van der Waals surface area (Å²) in [6.07, 6.45) is 1.64. The summed E-state index contributed by atoms with van der Waals surface area (Å²) in [7, 11) is 0. The molecule has 2 aromatic carbocycles. The lowest BCUT2D eigenvalue weighted by molar-refractivity contribution is -0.116. The first-order chi connectivity index (χ1) is 13.8. The minimum Gasteiger partial charge on any atom is -0.325 e. The van der Waals surface area contributed by atoms with Crippen molar-refractivity contribution in [1.29, 1.82) is 0 Å². The van der Waals surface area contributed by atoms with Gasteiger partial charge >= 0.3 is 0 Å². The highest BCUT2D eigenvalue weighted by Gasteiger charge is 2.10. The maximum Gasteiger partial charge on any atom is 0.255 e. The lowest BCUT2D eigenvalue weighted by Gasteiger charge is -2.11. The third-order valence-corrected chi connectivity index (χ3v) is 4.52. The summed E-state index contributed by atoms with van der Waals surface area (Å²) in [6.45, 7) is 5.69. The fourth-order valence-corrected chi connectivity index (χ4v) is 2.90. The van der Waals surface area contributed by atoms with Crippen molar-refractivity contribution < 1.29 is 9.59 Å². The van der Waals surface area contributed by atoms with Crippen molar-refractivity contribution in [3.05, 3.63) is 93.4 Å². The number of aromatic nitrogens is 1. The van der Waals surface area contributed by atoms with Crippen molar-refractivity contribution >= 4 is 23.2 Å². The van der Waals surface area contributed by atoms with Gasteiger partial charge in [0.15, 0.2) is 0 Å². The first-order valence-electron chi connectivity index (χ1n) is 9.27. The molecular weight excluding hydrogens is 366 g/mol. The summed E-state index contributed by atoms with van der Waals surface area (Å²) < 4.78 is 1.36. The second-order valence-electron chi connectivity index (χ2n) is 7.07. The molecule has 3 aromatic rings. The fourth-order valence-electron chi connectivity index (χ4n) is 2.90. The number of anilines is 2. The van der Waals surface area contributed by atoms with Gasteiger partial charge in [0.25, 0.3) is 11.5 Å². The molecule has 0 fully saturated rings. The number of benzene rings is 2. The van der Waals surface area contributed by atoms with Crippen molar-refractivity contribution in [2.75, 3.05) is 10.6 Å². The molecule has 0 saturated carbocycles. The summed E-state index contributed by atoms with van der Waals surface area (Å²) in [5, 5.41) is 5.65. The highest BCUT2D eigenvalue weighted by Crippen LogP contribution is 2.18. The van der Waals surface area contributed by atoms with Gasteiger partial charge in [-0.2, -0.15) is 0 Å². The molecule has 0 bridgehead atoms. The number of hydrogen-bond donors (Lipinski definition) is 2. The molecule has 1 aromatic heterocycles. The maximum atomic E-state index is 12.5. The molecule has 148 valence electrons. The molecule has 0 aliphatic carbocycles. The molecule has 2 amide bonds. The van der Waals surface area contributed by atoms with Crippen LogP contribution in [0.5, 0.6) is 0 Å².